The van der Waals surface area contributed by atoms with Crippen LogP contribution >= 0.6 is 0 Å². The average molecular weight is 491 g/mol. The lowest BCUT2D eigenvalue weighted by Crippen LogP contribution is -2.50. The van der Waals surface area contributed by atoms with Gasteiger partial charge in [0.05, 0.1) is 6.54 Å². The van der Waals surface area contributed by atoms with Crippen molar-refractivity contribution in [2.75, 3.05) is 33.0 Å². The van der Waals surface area contributed by atoms with Crippen molar-refractivity contribution in [3.63, 3.8) is 0 Å². The molecule has 0 N–H and O–H groups in total. The van der Waals surface area contributed by atoms with E-state index < -0.39 is 0 Å². The molecule has 9 nitrogen and oxygen atoms in total. The smallest absolute Gasteiger partial charge is 0.275 e. The lowest BCUT2D eigenvalue weighted by Gasteiger charge is -2.33. The molecule has 3 heterocycles. The first kappa shape index (κ1) is 23.9. The Morgan fingerprint density at radius 2 is 1.69 bits per heavy atom. The minimum Gasteiger partial charge on any atom is -0.454 e. The minimum absolute atomic E-state index is 0.0286. The van der Waals surface area contributed by atoms with E-state index in [-0.39, 0.29) is 30.3 Å². The number of hydrogen-bond donors (Lipinski definition) is 0. The minimum atomic E-state index is -0.174. The van der Waals surface area contributed by atoms with Gasteiger partial charge in [0.1, 0.15) is 6.26 Å². The zero-order chi connectivity index (χ0) is 25.1. The highest BCUT2D eigenvalue weighted by atomic mass is 16.7. The van der Waals surface area contributed by atoms with Crippen molar-refractivity contribution in [3.8, 4) is 11.5 Å². The predicted octanol–water partition coefficient (Wildman–Crippen LogP) is 3.47. The zero-order valence-electron chi connectivity index (χ0n) is 20.6. The van der Waals surface area contributed by atoms with E-state index in [1.54, 1.807) is 16.7 Å². The van der Waals surface area contributed by atoms with Gasteiger partial charge in [-0.25, -0.2) is 4.98 Å². The van der Waals surface area contributed by atoms with Crippen LogP contribution in [0.4, 0.5) is 0 Å². The van der Waals surface area contributed by atoms with E-state index in [1.807, 2.05) is 36.4 Å². The van der Waals surface area contributed by atoms with Crippen LogP contribution in [0.15, 0.2) is 59.2 Å². The van der Waals surface area contributed by atoms with E-state index in [0.29, 0.717) is 45.2 Å². The van der Waals surface area contributed by atoms with Gasteiger partial charge in [0.2, 0.25) is 18.6 Å². The zero-order valence-corrected chi connectivity index (χ0v) is 20.6. The first-order valence-corrected chi connectivity index (χ1v) is 12.1. The molecule has 2 aliphatic heterocycles. The third kappa shape index (κ3) is 5.21. The van der Waals surface area contributed by atoms with Gasteiger partial charge in [-0.2, -0.15) is 0 Å². The van der Waals surface area contributed by atoms with Crippen molar-refractivity contribution in [2.24, 2.45) is 0 Å². The Labute approximate surface area is 210 Å². The van der Waals surface area contributed by atoms with Crippen LogP contribution in [-0.4, -0.2) is 64.5 Å². The topological polar surface area (TPSA) is 88.4 Å². The fourth-order valence-electron chi connectivity index (χ4n) is 4.59. The van der Waals surface area contributed by atoms with Crippen LogP contribution in [0.2, 0.25) is 0 Å². The van der Waals surface area contributed by atoms with E-state index >= 15 is 0 Å². The van der Waals surface area contributed by atoms with Crippen LogP contribution in [0.1, 0.15) is 47.4 Å². The number of benzene rings is 2. The van der Waals surface area contributed by atoms with Crippen LogP contribution in [0.5, 0.6) is 11.5 Å². The van der Waals surface area contributed by atoms with Crippen LogP contribution < -0.4 is 9.47 Å². The number of ether oxygens (including phenoxy) is 2. The molecule has 1 saturated heterocycles. The predicted molar refractivity (Wildman–Crippen MR) is 131 cm³/mol. The Bertz CT molecular complexity index is 1220. The van der Waals surface area contributed by atoms with Crippen LogP contribution in [0.3, 0.4) is 0 Å². The molecule has 188 valence electrons. The third-order valence-electron chi connectivity index (χ3n) is 6.77. The maximum atomic E-state index is 13.0. The Hall–Kier alpha value is -3.85. The summed E-state index contributed by atoms with van der Waals surface area (Å²) in [5.41, 5.74) is 2.54. The summed E-state index contributed by atoms with van der Waals surface area (Å²) in [6.45, 7) is 7.03. The molecule has 0 bridgehead atoms. The molecule has 2 aromatic carbocycles. The SMILES string of the molecule is CC(=O)N1CCN(C(=O)c2coc(CN(Cc3ccc4c(c3)OCO4)C(C)c3ccccc3)n2)CC1. The number of rotatable bonds is 7. The van der Waals surface area contributed by atoms with Crippen molar-refractivity contribution in [1.29, 1.82) is 0 Å². The molecule has 0 aliphatic carbocycles. The molecule has 9 heteroatoms. The molecular formula is C27H30N4O5. The van der Waals surface area contributed by atoms with E-state index in [2.05, 4.69) is 28.9 Å². The normalized spacial score (nSPS) is 15.9. The number of aromatic nitrogens is 1. The van der Waals surface area contributed by atoms with Crippen molar-refractivity contribution in [3.05, 3.63) is 77.5 Å². The maximum Gasteiger partial charge on any atom is 0.275 e. The number of hydrogen-bond acceptors (Lipinski definition) is 7. The quantitative estimate of drug-likeness (QED) is 0.501. The molecule has 1 fully saturated rings. The highest BCUT2D eigenvalue weighted by Gasteiger charge is 2.26. The second-order valence-corrected chi connectivity index (χ2v) is 9.10. The molecule has 0 saturated carbocycles. The molecule has 0 spiro atoms. The summed E-state index contributed by atoms with van der Waals surface area (Å²) in [5, 5.41) is 0. The van der Waals surface area contributed by atoms with Crippen molar-refractivity contribution in [2.45, 2.75) is 33.0 Å². The van der Waals surface area contributed by atoms with Gasteiger partial charge in [-0.05, 0) is 30.2 Å². The number of amides is 2. The van der Waals surface area contributed by atoms with Crippen LogP contribution in [-0.2, 0) is 17.9 Å². The summed E-state index contributed by atoms with van der Waals surface area (Å²) in [5.74, 6) is 1.83. The molecular weight excluding hydrogens is 460 g/mol. The molecule has 2 amide bonds. The summed E-state index contributed by atoms with van der Waals surface area (Å²) >= 11 is 0. The molecule has 36 heavy (non-hydrogen) atoms. The second-order valence-electron chi connectivity index (χ2n) is 9.10. The number of carbonyl (C=O) groups is 2. The van der Waals surface area contributed by atoms with Gasteiger partial charge in [0, 0.05) is 45.7 Å². The fraction of sp³-hybridized carbons (Fsp3) is 0.370. The van der Waals surface area contributed by atoms with Crippen molar-refractivity contribution >= 4 is 11.8 Å². The molecule has 1 aromatic heterocycles. The first-order valence-electron chi connectivity index (χ1n) is 12.1. The van der Waals surface area contributed by atoms with Gasteiger partial charge < -0.3 is 23.7 Å². The number of carbonyl (C=O) groups excluding carboxylic acids is 2. The largest absolute Gasteiger partial charge is 0.454 e. The van der Waals surface area contributed by atoms with E-state index in [1.165, 1.54) is 11.8 Å². The number of nitrogens with zero attached hydrogens (tertiary/aromatic N) is 4. The molecule has 0 radical (unpaired) electrons. The standard InChI is InChI=1S/C27H30N4O5/c1-19(22-6-4-3-5-7-22)31(15-21-8-9-24-25(14-21)36-18-35-24)16-26-28-23(17-34-26)27(33)30-12-10-29(11-13-30)20(2)32/h3-9,14,17,19H,10-13,15-16,18H2,1-2H3. The summed E-state index contributed by atoms with van der Waals surface area (Å²) in [4.78, 5) is 34.8. The molecule has 2 aliphatic rings. The molecule has 1 unspecified atom stereocenters. The maximum absolute atomic E-state index is 13.0. The Morgan fingerprint density at radius 1 is 0.972 bits per heavy atom. The van der Waals surface area contributed by atoms with Gasteiger partial charge in [-0.15, -0.1) is 0 Å². The van der Waals surface area contributed by atoms with Crippen LogP contribution in [0.25, 0.3) is 0 Å². The summed E-state index contributed by atoms with van der Waals surface area (Å²) in [7, 11) is 0. The van der Waals surface area contributed by atoms with E-state index in [0.717, 1.165) is 17.1 Å². The Balaban J connectivity index is 1.31. The number of oxazole rings is 1. The van der Waals surface area contributed by atoms with Gasteiger partial charge in [0.15, 0.2) is 17.2 Å². The van der Waals surface area contributed by atoms with Gasteiger partial charge in [-0.3, -0.25) is 14.5 Å². The Morgan fingerprint density at radius 3 is 2.44 bits per heavy atom. The third-order valence-corrected chi connectivity index (χ3v) is 6.77. The molecule has 1 atom stereocenters. The lowest BCUT2D eigenvalue weighted by molar-refractivity contribution is -0.130. The summed E-state index contributed by atoms with van der Waals surface area (Å²) in [6, 6.07) is 16.3. The second kappa shape index (κ2) is 10.4. The van der Waals surface area contributed by atoms with Gasteiger partial charge in [0.25, 0.3) is 5.91 Å². The molecule has 5 rings (SSSR count). The highest BCUT2D eigenvalue weighted by Crippen LogP contribution is 2.34. The summed E-state index contributed by atoms with van der Waals surface area (Å²) < 4.78 is 16.8. The van der Waals surface area contributed by atoms with E-state index in [4.69, 9.17) is 13.9 Å². The Kier molecular flexibility index (Phi) is 6.90. The van der Waals surface area contributed by atoms with Gasteiger partial charge >= 0.3 is 0 Å². The van der Waals surface area contributed by atoms with Crippen LogP contribution in [0, 0.1) is 0 Å². The number of fused-ring (bicyclic) bond motifs is 1. The summed E-state index contributed by atoms with van der Waals surface area (Å²) in [6.07, 6.45) is 1.43. The highest BCUT2D eigenvalue weighted by molar-refractivity contribution is 5.92. The van der Waals surface area contributed by atoms with Crippen molar-refractivity contribution < 1.29 is 23.5 Å². The monoisotopic (exact) mass is 490 g/mol. The number of piperazine rings is 1. The fourth-order valence-corrected chi connectivity index (χ4v) is 4.59. The molecule has 3 aromatic rings. The van der Waals surface area contributed by atoms with Gasteiger partial charge in [-0.1, -0.05) is 36.4 Å². The lowest BCUT2D eigenvalue weighted by atomic mass is 10.1. The van der Waals surface area contributed by atoms with E-state index in [9.17, 15) is 9.59 Å². The average Bonchev–Trinajstić information content (AvgIpc) is 3.57. The van der Waals surface area contributed by atoms with Crippen molar-refractivity contribution in [1.82, 2.24) is 19.7 Å². The first-order chi connectivity index (χ1) is 17.5.